The maximum atomic E-state index is 3.80. The van der Waals surface area contributed by atoms with Crippen molar-refractivity contribution in [2.24, 2.45) is 0 Å². The minimum atomic E-state index is -0.903. The molecule has 0 spiro atoms. The van der Waals surface area contributed by atoms with Gasteiger partial charge in [-0.1, -0.05) is 127 Å². The molecule has 0 unspecified atom stereocenters. The predicted octanol–water partition coefficient (Wildman–Crippen LogP) is 10.1. The molecule has 0 saturated carbocycles. The van der Waals surface area contributed by atoms with Crippen molar-refractivity contribution in [2.45, 2.75) is 141 Å². The summed E-state index contributed by atoms with van der Waals surface area (Å²) in [5.41, 5.74) is 0. The van der Waals surface area contributed by atoms with Gasteiger partial charge >= 0.3 is 0 Å². The van der Waals surface area contributed by atoms with Crippen LogP contribution in [-0.2, 0) is 0 Å². The molecule has 0 aromatic heterocycles. The lowest BCUT2D eigenvalue weighted by molar-refractivity contribution is 0.573. The van der Waals surface area contributed by atoms with E-state index >= 15 is 0 Å². The summed E-state index contributed by atoms with van der Waals surface area (Å²) in [6, 6.07) is 3.13. The minimum absolute atomic E-state index is 0.903. The van der Waals surface area contributed by atoms with Gasteiger partial charge in [0.05, 0.1) is 0 Å². The van der Waals surface area contributed by atoms with E-state index in [1.165, 1.54) is 116 Å². The first-order valence-corrected chi connectivity index (χ1v) is 15.8. The van der Waals surface area contributed by atoms with Gasteiger partial charge in [0, 0.05) is 8.07 Å². The molecule has 0 nitrogen and oxygen atoms in total. The third kappa shape index (κ3) is 21.9. The van der Waals surface area contributed by atoms with Crippen LogP contribution in [-0.4, -0.2) is 8.07 Å². The van der Waals surface area contributed by atoms with Crippen LogP contribution in [0, 0.1) is 0 Å². The molecular weight excluding hydrogens is 340 g/mol. The van der Waals surface area contributed by atoms with Crippen LogP contribution in [0.2, 0.25) is 25.2 Å². The van der Waals surface area contributed by atoms with Crippen LogP contribution in [0.25, 0.3) is 0 Å². The zero-order chi connectivity index (χ0) is 20.1. The lowest BCUT2D eigenvalue weighted by Gasteiger charge is -2.22. The summed E-state index contributed by atoms with van der Waals surface area (Å²) in [5.74, 6) is 0. The summed E-state index contributed by atoms with van der Waals surface area (Å²) < 4.78 is 0. The normalized spacial score (nSPS) is 11.6. The van der Waals surface area contributed by atoms with Crippen molar-refractivity contribution in [3.8, 4) is 0 Å². The molecule has 0 radical (unpaired) electrons. The molecule has 0 aliphatic carbocycles. The van der Waals surface area contributed by atoms with E-state index < -0.39 is 8.07 Å². The molecule has 1 heteroatoms. The average molecular weight is 393 g/mol. The highest BCUT2D eigenvalue weighted by Gasteiger charge is 2.18. The number of unbranched alkanes of at least 4 members (excludes halogenated alkanes) is 16. The average Bonchev–Trinajstić information content (AvgIpc) is 2.64. The summed E-state index contributed by atoms with van der Waals surface area (Å²) in [6.07, 6.45) is 29.6. The molecule has 0 aromatic rings. The Labute approximate surface area is 174 Å². The van der Waals surface area contributed by atoms with Crippen molar-refractivity contribution in [2.75, 3.05) is 0 Å². The van der Waals surface area contributed by atoms with Gasteiger partial charge in [-0.25, -0.2) is 0 Å². The van der Waals surface area contributed by atoms with E-state index in [1.807, 2.05) is 0 Å². The van der Waals surface area contributed by atoms with Crippen LogP contribution in [0.1, 0.15) is 116 Å². The summed E-state index contributed by atoms with van der Waals surface area (Å²) in [7, 11) is -0.903. The monoisotopic (exact) mass is 392 g/mol. The second kappa shape index (κ2) is 20.4. The molecule has 0 bridgehead atoms. The number of rotatable bonds is 22. The predicted molar refractivity (Wildman–Crippen MR) is 131 cm³/mol. The molecule has 0 N–H and O–H groups in total. The Morgan fingerprint density at radius 1 is 0.444 bits per heavy atom. The highest BCUT2D eigenvalue weighted by Crippen LogP contribution is 2.23. The fraction of sp³-hybridized carbons (Fsp3) is 0.846. The second-order valence-corrected chi connectivity index (χ2v) is 14.8. The van der Waals surface area contributed by atoms with Gasteiger partial charge in [0.2, 0.25) is 0 Å². The molecule has 0 aliphatic heterocycles. The third-order valence-electron chi connectivity index (χ3n) is 6.02. The van der Waals surface area contributed by atoms with Crippen LogP contribution >= 0.6 is 0 Å². The van der Waals surface area contributed by atoms with Crippen molar-refractivity contribution in [3.63, 3.8) is 0 Å². The Hall–Kier alpha value is -0.303. The van der Waals surface area contributed by atoms with Crippen LogP contribution in [0.5, 0.6) is 0 Å². The Morgan fingerprint density at radius 2 is 0.704 bits per heavy atom. The van der Waals surface area contributed by atoms with Gasteiger partial charge in [-0.05, 0) is 25.7 Å². The number of hydrogen-bond acceptors (Lipinski definition) is 0. The quantitative estimate of drug-likeness (QED) is 0.0976. The molecular formula is C26H52Si. The van der Waals surface area contributed by atoms with E-state index in [4.69, 9.17) is 0 Å². The van der Waals surface area contributed by atoms with Gasteiger partial charge in [-0.3, -0.25) is 0 Å². The minimum Gasteiger partial charge on any atom is -0.103 e. The highest BCUT2D eigenvalue weighted by molar-refractivity contribution is 6.77. The molecule has 27 heavy (non-hydrogen) atoms. The lowest BCUT2D eigenvalue weighted by atomic mass is 10.1. The third-order valence-corrected chi connectivity index (χ3v) is 9.44. The van der Waals surface area contributed by atoms with Gasteiger partial charge in [-0.15, -0.1) is 13.2 Å². The van der Waals surface area contributed by atoms with E-state index in [0.29, 0.717) is 0 Å². The van der Waals surface area contributed by atoms with Crippen molar-refractivity contribution in [3.05, 3.63) is 25.3 Å². The van der Waals surface area contributed by atoms with Crippen molar-refractivity contribution in [1.29, 1.82) is 0 Å². The molecule has 0 saturated heterocycles. The first kappa shape index (κ1) is 26.7. The molecule has 0 fully saturated rings. The van der Waals surface area contributed by atoms with Gasteiger partial charge in [0.25, 0.3) is 0 Å². The highest BCUT2D eigenvalue weighted by atomic mass is 28.3. The smallest absolute Gasteiger partial charge is 0.0473 e. The molecule has 0 atom stereocenters. The summed E-state index contributed by atoms with van der Waals surface area (Å²) >= 11 is 0. The molecule has 0 rings (SSSR count). The standard InChI is InChI=1S/C26H52Si/c1-5-7-9-11-13-15-17-19-21-23-25-27(3,4)26-24-22-20-18-16-14-12-10-8-6-2/h5-6H,1-2,7-26H2,3-4H3. The Morgan fingerprint density at radius 3 is 1.00 bits per heavy atom. The zero-order valence-electron chi connectivity index (χ0n) is 19.2. The van der Waals surface area contributed by atoms with E-state index in [-0.39, 0.29) is 0 Å². The van der Waals surface area contributed by atoms with Gasteiger partial charge in [0.1, 0.15) is 0 Å². The topological polar surface area (TPSA) is 0 Å². The summed E-state index contributed by atoms with van der Waals surface area (Å²) in [6.45, 7) is 12.9. The molecule has 0 amide bonds. The largest absolute Gasteiger partial charge is 0.103 e. The van der Waals surface area contributed by atoms with Crippen molar-refractivity contribution >= 4 is 8.07 Å². The first-order valence-electron chi connectivity index (χ1n) is 12.3. The Bertz CT molecular complexity index is 288. The maximum Gasteiger partial charge on any atom is 0.0473 e. The van der Waals surface area contributed by atoms with E-state index in [9.17, 15) is 0 Å². The van der Waals surface area contributed by atoms with Crippen molar-refractivity contribution < 1.29 is 0 Å². The summed E-state index contributed by atoms with van der Waals surface area (Å²) in [5, 5.41) is 0. The van der Waals surface area contributed by atoms with Crippen LogP contribution in [0.15, 0.2) is 25.3 Å². The van der Waals surface area contributed by atoms with Gasteiger partial charge < -0.3 is 0 Å². The number of hydrogen-bond donors (Lipinski definition) is 0. The fourth-order valence-corrected chi connectivity index (χ4v) is 6.69. The van der Waals surface area contributed by atoms with Crippen LogP contribution in [0.4, 0.5) is 0 Å². The molecule has 0 aliphatic rings. The van der Waals surface area contributed by atoms with E-state index in [0.717, 1.165) is 0 Å². The second-order valence-electron chi connectivity index (χ2n) is 9.48. The van der Waals surface area contributed by atoms with Crippen LogP contribution in [0.3, 0.4) is 0 Å². The maximum absolute atomic E-state index is 3.80. The van der Waals surface area contributed by atoms with E-state index in [2.05, 4.69) is 38.4 Å². The van der Waals surface area contributed by atoms with Crippen LogP contribution < -0.4 is 0 Å². The zero-order valence-corrected chi connectivity index (χ0v) is 20.2. The molecule has 160 valence electrons. The van der Waals surface area contributed by atoms with Gasteiger partial charge in [0.15, 0.2) is 0 Å². The molecule has 0 heterocycles. The van der Waals surface area contributed by atoms with Crippen molar-refractivity contribution in [1.82, 2.24) is 0 Å². The fourth-order valence-electron chi connectivity index (χ4n) is 4.03. The Kier molecular flexibility index (Phi) is 20.2. The lowest BCUT2D eigenvalue weighted by Crippen LogP contribution is -2.24. The van der Waals surface area contributed by atoms with Gasteiger partial charge in [-0.2, -0.15) is 0 Å². The Balaban J connectivity index is 3.33. The first-order chi connectivity index (χ1) is 13.1. The summed E-state index contributed by atoms with van der Waals surface area (Å²) in [4.78, 5) is 0. The number of allylic oxidation sites excluding steroid dienone is 2. The SMILES string of the molecule is C=CCCCCCCCCCC[Si](C)(C)CCCCCCCCCCC=C. The molecule has 0 aromatic carbocycles. The van der Waals surface area contributed by atoms with E-state index in [1.54, 1.807) is 12.1 Å².